The molecular weight excluding hydrogens is 148 g/mol. The van der Waals surface area contributed by atoms with Crippen LogP contribution in [0.2, 0.25) is 0 Å². The molecular formula is C10H20N2. The number of rotatable bonds is 3. The summed E-state index contributed by atoms with van der Waals surface area (Å²) in [6.07, 6.45) is 4.12. The van der Waals surface area contributed by atoms with Gasteiger partial charge in [0.15, 0.2) is 0 Å². The lowest BCUT2D eigenvalue weighted by Crippen LogP contribution is -2.39. The van der Waals surface area contributed by atoms with Crippen molar-refractivity contribution in [3.63, 3.8) is 0 Å². The summed E-state index contributed by atoms with van der Waals surface area (Å²) in [6.45, 7) is 8.38. The van der Waals surface area contributed by atoms with Gasteiger partial charge in [-0.1, -0.05) is 6.92 Å². The summed E-state index contributed by atoms with van der Waals surface area (Å²) in [6, 6.07) is 0.775. The monoisotopic (exact) mass is 168 g/mol. The van der Waals surface area contributed by atoms with Crippen LogP contribution in [0.4, 0.5) is 0 Å². The Labute approximate surface area is 75.3 Å². The topological polar surface area (TPSA) is 15.3 Å². The molecule has 1 aliphatic heterocycles. The van der Waals surface area contributed by atoms with Gasteiger partial charge in [0.2, 0.25) is 0 Å². The van der Waals surface area contributed by atoms with Crippen LogP contribution in [-0.2, 0) is 0 Å². The smallest absolute Gasteiger partial charge is 0.0212 e. The average Bonchev–Trinajstić information content (AvgIpc) is 2.63. The normalized spacial score (nSPS) is 34.0. The molecule has 1 saturated carbocycles. The molecule has 1 atom stereocenters. The lowest BCUT2D eigenvalue weighted by atomic mass is 10.2. The minimum atomic E-state index is 0.522. The van der Waals surface area contributed by atoms with Gasteiger partial charge in [-0.2, -0.15) is 0 Å². The lowest BCUT2D eigenvalue weighted by molar-refractivity contribution is 0.337. The van der Waals surface area contributed by atoms with Gasteiger partial charge in [-0.25, -0.2) is 0 Å². The van der Waals surface area contributed by atoms with Crippen LogP contribution in [0.5, 0.6) is 0 Å². The highest BCUT2D eigenvalue weighted by atomic mass is 15.2. The molecule has 1 N–H and O–H groups in total. The maximum atomic E-state index is 3.75. The second-order valence-corrected chi connectivity index (χ2v) is 4.58. The third kappa shape index (κ3) is 1.80. The van der Waals surface area contributed by atoms with Crippen molar-refractivity contribution >= 4 is 0 Å². The predicted molar refractivity (Wildman–Crippen MR) is 51.3 cm³/mol. The average molecular weight is 168 g/mol. The molecule has 1 saturated heterocycles. The summed E-state index contributed by atoms with van der Waals surface area (Å²) in [7, 11) is 0. The summed E-state index contributed by atoms with van der Waals surface area (Å²) < 4.78 is 0. The SMILES string of the molecule is CCN1CCC(NC2(C)CC2)C1. The van der Waals surface area contributed by atoms with Crippen molar-refractivity contribution in [3.8, 4) is 0 Å². The Hall–Kier alpha value is -0.0800. The minimum absolute atomic E-state index is 0.522. The summed E-state index contributed by atoms with van der Waals surface area (Å²) in [5.41, 5.74) is 0.522. The summed E-state index contributed by atoms with van der Waals surface area (Å²) in [5, 5.41) is 3.75. The van der Waals surface area contributed by atoms with Crippen LogP contribution in [0.25, 0.3) is 0 Å². The Bertz CT molecular complexity index is 163. The molecule has 2 fully saturated rings. The van der Waals surface area contributed by atoms with Gasteiger partial charge in [0, 0.05) is 18.1 Å². The number of nitrogens with one attached hydrogen (secondary N) is 1. The van der Waals surface area contributed by atoms with E-state index in [0.717, 1.165) is 6.04 Å². The molecule has 0 amide bonds. The highest BCUT2D eigenvalue weighted by Crippen LogP contribution is 2.35. The fraction of sp³-hybridized carbons (Fsp3) is 1.00. The standard InChI is InChI=1S/C10H20N2/c1-3-12-7-4-9(8-12)11-10(2)5-6-10/h9,11H,3-8H2,1-2H3. The quantitative estimate of drug-likeness (QED) is 0.681. The summed E-state index contributed by atoms with van der Waals surface area (Å²) in [4.78, 5) is 2.53. The molecule has 0 aromatic carbocycles. The third-order valence-electron chi connectivity index (χ3n) is 3.27. The van der Waals surface area contributed by atoms with E-state index >= 15 is 0 Å². The first-order valence-corrected chi connectivity index (χ1v) is 5.22. The van der Waals surface area contributed by atoms with Crippen molar-refractivity contribution in [2.45, 2.75) is 44.7 Å². The zero-order chi connectivity index (χ0) is 8.60. The minimum Gasteiger partial charge on any atom is -0.307 e. The van der Waals surface area contributed by atoms with Crippen LogP contribution in [0, 0.1) is 0 Å². The molecule has 2 rings (SSSR count). The van der Waals surface area contributed by atoms with Crippen LogP contribution in [-0.4, -0.2) is 36.1 Å². The molecule has 1 aliphatic carbocycles. The number of likely N-dealkylation sites (N-methyl/N-ethyl adjacent to an activating group) is 1. The van der Waals surface area contributed by atoms with Crippen molar-refractivity contribution in [1.82, 2.24) is 10.2 Å². The lowest BCUT2D eigenvalue weighted by Gasteiger charge is -2.18. The molecule has 12 heavy (non-hydrogen) atoms. The molecule has 0 spiro atoms. The van der Waals surface area contributed by atoms with Gasteiger partial charge in [0.05, 0.1) is 0 Å². The van der Waals surface area contributed by atoms with E-state index in [1.54, 1.807) is 0 Å². The number of hydrogen-bond acceptors (Lipinski definition) is 2. The Morgan fingerprint density at radius 2 is 2.25 bits per heavy atom. The van der Waals surface area contributed by atoms with Crippen LogP contribution in [0.1, 0.15) is 33.1 Å². The zero-order valence-electron chi connectivity index (χ0n) is 8.27. The summed E-state index contributed by atoms with van der Waals surface area (Å²) in [5.74, 6) is 0. The fourth-order valence-corrected chi connectivity index (χ4v) is 2.06. The molecule has 0 aromatic rings. The van der Waals surface area contributed by atoms with E-state index in [1.165, 1.54) is 38.9 Å². The fourth-order valence-electron chi connectivity index (χ4n) is 2.06. The molecule has 0 aromatic heterocycles. The van der Waals surface area contributed by atoms with Crippen molar-refractivity contribution in [3.05, 3.63) is 0 Å². The van der Waals surface area contributed by atoms with Gasteiger partial charge in [-0.15, -0.1) is 0 Å². The van der Waals surface area contributed by atoms with E-state index in [0.29, 0.717) is 5.54 Å². The molecule has 1 heterocycles. The number of nitrogens with zero attached hydrogens (tertiary/aromatic N) is 1. The van der Waals surface area contributed by atoms with Gasteiger partial charge in [0.25, 0.3) is 0 Å². The van der Waals surface area contributed by atoms with Crippen LogP contribution in [0.15, 0.2) is 0 Å². The first-order chi connectivity index (χ1) is 5.72. The van der Waals surface area contributed by atoms with Gasteiger partial charge < -0.3 is 10.2 Å². The van der Waals surface area contributed by atoms with Crippen LogP contribution < -0.4 is 5.32 Å². The largest absolute Gasteiger partial charge is 0.307 e. The van der Waals surface area contributed by atoms with Gasteiger partial charge in [0.1, 0.15) is 0 Å². The van der Waals surface area contributed by atoms with Crippen LogP contribution >= 0.6 is 0 Å². The molecule has 2 heteroatoms. The number of hydrogen-bond donors (Lipinski definition) is 1. The maximum absolute atomic E-state index is 3.75. The Balaban J connectivity index is 1.76. The summed E-state index contributed by atoms with van der Waals surface area (Å²) >= 11 is 0. The molecule has 2 aliphatic rings. The Morgan fingerprint density at radius 3 is 2.75 bits per heavy atom. The second-order valence-electron chi connectivity index (χ2n) is 4.58. The van der Waals surface area contributed by atoms with E-state index in [4.69, 9.17) is 0 Å². The van der Waals surface area contributed by atoms with Crippen molar-refractivity contribution in [2.24, 2.45) is 0 Å². The second kappa shape index (κ2) is 3.00. The van der Waals surface area contributed by atoms with E-state index in [1.807, 2.05) is 0 Å². The highest BCUT2D eigenvalue weighted by Gasteiger charge is 2.39. The van der Waals surface area contributed by atoms with E-state index < -0.39 is 0 Å². The van der Waals surface area contributed by atoms with E-state index in [2.05, 4.69) is 24.1 Å². The number of likely N-dealkylation sites (tertiary alicyclic amines) is 1. The first-order valence-electron chi connectivity index (χ1n) is 5.22. The first kappa shape index (κ1) is 8.52. The van der Waals surface area contributed by atoms with Gasteiger partial charge >= 0.3 is 0 Å². The van der Waals surface area contributed by atoms with E-state index in [-0.39, 0.29) is 0 Å². The molecule has 70 valence electrons. The van der Waals surface area contributed by atoms with Gasteiger partial charge in [-0.3, -0.25) is 0 Å². The third-order valence-corrected chi connectivity index (χ3v) is 3.27. The molecule has 0 radical (unpaired) electrons. The maximum Gasteiger partial charge on any atom is 0.0212 e. The van der Waals surface area contributed by atoms with Crippen molar-refractivity contribution in [1.29, 1.82) is 0 Å². The van der Waals surface area contributed by atoms with Gasteiger partial charge in [-0.05, 0) is 39.3 Å². The zero-order valence-corrected chi connectivity index (χ0v) is 8.27. The van der Waals surface area contributed by atoms with Crippen molar-refractivity contribution < 1.29 is 0 Å². The van der Waals surface area contributed by atoms with Crippen molar-refractivity contribution in [2.75, 3.05) is 19.6 Å². The van der Waals surface area contributed by atoms with E-state index in [9.17, 15) is 0 Å². The Kier molecular flexibility index (Phi) is 2.13. The van der Waals surface area contributed by atoms with Crippen LogP contribution in [0.3, 0.4) is 0 Å². The molecule has 1 unspecified atom stereocenters. The Morgan fingerprint density at radius 1 is 1.50 bits per heavy atom. The highest BCUT2D eigenvalue weighted by molar-refractivity contribution is 5.00. The molecule has 0 bridgehead atoms. The predicted octanol–water partition coefficient (Wildman–Crippen LogP) is 1.22. The molecule has 2 nitrogen and oxygen atoms in total.